The van der Waals surface area contributed by atoms with E-state index in [4.69, 9.17) is 14.1 Å². The summed E-state index contributed by atoms with van der Waals surface area (Å²) in [7, 11) is 1.60. The van der Waals surface area contributed by atoms with E-state index >= 15 is 0 Å². The first-order chi connectivity index (χ1) is 16.0. The lowest BCUT2D eigenvalue weighted by atomic mass is 10.1. The smallest absolute Gasteiger partial charge is 0.227 e. The van der Waals surface area contributed by atoms with E-state index in [1.807, 2.05) is 65.4 Å². The molecule has 4 heterocycles. The number of rotatable bonds is 5. The highest BCUT2D eigenvalue weighted by molar-refractivity contribution is 5.81. The maximum atomic E-state index is 12.3. The SMILES string of the molecule is COc1ccc(-c2nc(-c3cccn3-c3ccccn3)[nH]c2-c2oc(C)cc(=O)c2O)cc1. The number of ether oxygens (including phenoxy) is 1. The molecule has 5 rings (SSSR count). The molecular weight excluding hydrogens is 420 g/mol. The van der Waals surface area contributed by atoms with Gasteiger partial charge in [-0.05, 0) is 55.5 Å². The first-order valence-corrected chi connectivity index (χ1v) is 10.2. The van der Waals surface area contributed by atoms with E-state index in [0.29, 0.717) is 28.7 Å². The van der Waals surface area contributed by atoms with Crippen LogP contribution in [-0.4, -0.2) is 31.7 Å². The Morgan fingerprint density at radius 2 is 1.91 bits per heavy atom. The van der Waals surface area contributed by atoms with E-state index in [-0.39, 0.29) is 5.76 Å². The van der Waals surface area contributed by atoms with Crippen molar-refractivity contribution in [3.05, 3.63) is 89.0 Å². The van der Waals surface area contributed by atoms with Gasteiger partial charge >= 0.3 is 0 Å². The van der Waals surface area contributed by atoms with Crippen LogP contribution >= 0.6 is 0 Å². The van der Waals surface area contributed by atoms with Gasteiger partial charge in [0, 0.05) is 24.0 Å². The lowest BCUT2D eigenvalue weighted by Gasteiger charge is -2.06. The number of nitrogens with zero attached hydrogens (tertiary/aromatic N) is 3. The van der Waals surface area contributed by atoms with Crippen LogP contribution in [0.4, 0.5) is 0 Å². The molecule has 0 unspecified atom stereocenters. The van der Waals surface area contributed by atoms with Gasteiger partial charge in [0.1, 0.15) is 28.7 Å². The van der Waals surface area contributed by atoms with Crippen molar-refractivity contribution in [1.82, 2.24) is 19.5 Å². The molecule has 33 heavy (non-hydrogen) atoms. The molecule has 0 bridgehead atoms. The minimum atomic E-state index is -0.526. The Balaban J connectivity index is 1.73. The second-order valence-corrected chi connectivity index (χ2v) is 7.39. The third-order valence-electron chi connectivity index (χ3n) is 5.23. The number of nitrogens with one attached hydrogen (secondary N) is 1. The predicted molar refractivity (Wildman–Crippen MR) is 124 cm³/mol. The molecule has 0 fully saturated rings. The lowest BCUT2D eigenvalue weighted by molar-refractivity contribution is 0.415. The zero-order valence-electron chi connectivity index (χ0n) is 17.9. The summed E-state index contributed by atoms with van der Waals surface area (Å²) in [5.41, 5.74) is 1.90. The van der Waals surface area contributed by atoms with E-state index in [0.717, 1.165) is 17.1 Å². The molecule has 8 nitrogen and oxygen atoms in total. The minimum absolute atomic E-state index is 0.0283. The molecule has 8 heteroatoms. The van der Waals surface area contributed by atoms with Crippen LogP contribution in [0.2, 0.25) is 0 Å². The molecule has 0 radical (unpaired) electrons. The number of aromatic hydroxyl groups is 1. The molecule has 0 saturated carbocycles. The van der Waals surface area contributed by atoms with Gasteiger partial charge in [-0.25, -0.2) is 9.97 Å². The van der Waals surface area contributed by atoms with E-state index in [2.05, 4.69) is 9.97 Å². The average Bonchev–Trinajstić information content (AvgIpc) is 3.49. The van der Waals surface area contributed by atoms with E-state index in [9.17, 15) is 9.90 Å². The second kappa shape index (κ2) is 8.16. The van der Waals surface area contributed by atoms with Gasteiger partial charge in [0.05, 0.1) is 12.8 Å². The largest absolute Gasteiger partial charge is 0.501 e. The fourth-order valence-corrected chi connectivity index (χ4v) is 3.66. The first-order valence-electron chi connectivity index (χ1n) is 10.2. The highest BCUT2D eigenvalue weighted by Gasteiger charge is 2.23. The van der Waals surface area contributed by atoms with Crippen LogP contribution in [0.3, 0.4) is 0 Å². The van der Waals surface area contributed by atoms with Gasteiger partial charge in [-0.15, -0.1) is 0 Å². The van der Waals surface area contributed by atoms with Gasteiger partial charge in [0.15, 0.2) is 11.6 Å². The summed E-state index contributed by atoms with van der Waals surface area (Å²) in [5, 5.41) is 10.5. The van der Waals surface area contributed by atoms with E-state index in [1.165, 1.54) is 6.07 Å². The number of hydrogen-bond acceptors (Lipinski definition) is 6. The lowest BCUT2D eigenvalue weighted by Crippen LogP contribution is -2.01. The molecule has 4 aromatic heterocycles. The van der Waals surface area contributed by atoms with E-state index < -0.39 is 11.2 Å². The molecular formula is C25H20N4O4. The molecule has 1 aromatic carbocycles. The van der Waals surface area contributed by atoms with Crippen LogP contribution in [0.25, 0.3) is 40.0 Å². The number of H-pyrrole nitrogens is 1. The normalized spacial score (nSPS) is 11.0. The molecule has 0 amide bonds. The quantitative estimate of drug-likeness (QED) is 0.415. The molecule has 5 aromatic rings. The Morgan fingerprint density at radius 3 is 2.64 bits per heavy atom. The van der Waals surface area contributed by atoms with Crippen LogP contribution in [0.1, 0.15) is 5.76 Å². The highest BCUT2D eigenvalue weighted by atomic mass is 16.5. The van der Waals surface area contributed by atoms with Gasteiger partial charge in [0.2, 0.25) is 11.2 Å². The Labute approximate surface area is 188 Å². The van der Waals surface area contributed by atoms with Gasteiger partial charge in [-0.3, -0.25) is 9.36 Å². The third kappa shape index (κ3) is 3.67. The minimum Gasteiger partial charge on any atom is -0.501 e. The standard InChI is InChI=1S/C25H20N4O4/c1-15-14-19(30)23(31)24(33-15)22-21(16-8-10-17(32-2)11-9-16)27-25(28-22)18-6-5-13-29(18)20-7-3-4-12-26-20/h3-14,31H,1-2H3,(H,27,28). The molecule has 0 aliphatic carbocycles. The summed E-state index contributed by atoms with van der Waals surface area (Å²) >= 11 is 0. The van der Waals surface area contributed by atoms with E-state index in [1.54, 1.807) is 20.2 Å². The monoisotopic (exact) mass is 440 g/mol. The molecule has 0 aliphatic heterocycles. The topological polar surface area (TPSA) is 106 Å². The molecule has 164 valence electrons. The number of aromatic nitrogens is 4. The molecule has 0 atom stereocenters. The van der Waals surface area contributed by atoms with Gasteiger partial charge in [-0.1, -0.05) is 6.07 Å². The third-order valence-corrected chi connectivity index (χ3v) is 5.23. The van der Waals surface area contributed by atoms with Crippen molar-refractivity contribution >= 4 is 0 Å². The summed E-state index contributed by atoms with van der Waals surface area (Å²) in [4.78, 5) is 24.8. The number of imidazole rings is 1. The van der Waals surface area contributed by atoms with Crippen molar-refractivity contribution < 1.29 is 14.3 Å². The van der Waals surface area contributed by atoms with Crippen LogP contribution in [-0.2, 0) is 0 Å². The molecule has 0 saturated heterocycles. The first kappa shape index (κ1) is 20.3. The predicted octanol–water partition coefficient (Wildman–Crippen LogP) is 4.57. The second-order valence-electron chi connectivity index (χ2n) is 7.39. The summed E-state index contributed by atoms with van der Waals surface area (Å²) in [5.74, 6) is 1.87. The highest BCUT2D eigenvalue weighted by Crippen LogP contribution is 2.37. The Hall–Kier alpha value is -4.59. The van der Waals surface area contributed by atoms with Crippen LogP contribution in [0.5, 0.6) is 11.5 Å². The van der Waals surface area contributed by atoms with Crippen molar-refractivity contribution in [3.63, 3.8) is 0 Å². The van der Waals surface area contributed by atoms with Gasteiger partial charge in [0.25, 0.3) is 0 Å². The molecule has 0 spiro atoms. The Morgan fingerprint density at radius 1 is 1.09 bits per heavy atom. The zero-order valence-corrected chi connectivity index (χ0v) is 17.9. The number of aryl methyl sites for hydroxylation is 1. The van der Waals surface area contributed by atoms with Crippen molar-refractivity contribution in [2.45, 2.75) is 6.92 Å². The van der Waals surface area contributed by atoms with Crippen LogP contribution in [0.15, 0.2) is 82.3 Å². The summed E-state index contributed by atoms with van der Waals surface area (Å²) in [6, 6.07) is 18.0. The zero-order chi connectivity index (χ0) is 22.9. The van der Waals surface area contributed by atoms with Crippen molar-refractivity contribution in [2.24, 2.45) is 0 Å². The number of methoxy groups -OCH3 is 1. The number of benzene rings is 1. The number of aromatic amines is 1. The average molecular weight is 440 g/mol. The Kier molecular flexibility index (Phi) is 5.02. The van der Waals surface area contributed by atoms with Crippen LogP contribution in [0, 0.1) is 6.92 Å². The summed E-state index contributed by atoms with van der Waals surface area (Å²) in [6.45, 7) is 1.65. The fourth-order valence-electron chi connectivity index (χ4n) is 3.66. The van der Waals surface area contributed by atoms with Crippen LogP contribution < -0.4 is 10.2 Å². The Bertz CT molecular complexity index is 1480. The fraction of sp³-hybridized carbons (Fsp3) is 0.0800. The van der Waals surface area contributed by atoms with Crippen molar-refractivity contribution in [1.29, 1.82) is 0 Å². The summed E-state index contributed by atoms with van der Waals surface area (Å²) in [6.07, 6.45) is 3.60. The van der Waals surface area contributed by atoms with Gasteiger partial charge in [-0.2, -0.15) is 0 Å². The summed E-state index contributed by atoms with van der Waals surface area (Å²) < 4.78 is 12.9. The number of hydrogen-bond donors (Lipinski definition) is 2. The van der Waals surface area contributed by atoms with Crippen molar-refractivity contribution in [2.75, 3.05) is 7.11 Å². The maximum Gasteiger partial charge on any atom is 0.227 e. The molecule has 0 aliphatic rings. The maximum absolute atomic E-state index is 12.3. The van der Waals surface area contributed by atoms with Gasteiger partial charge < -0.3 is 19.2 Å². The molecule has 2 N–H and O–H groups in total. The number of pyridine rings is 1. The van der Waals surface area contributed by atoms with Crippen molar-refractivity contribution in [3.8, 4) is 51.5 Å².